The van der Waals surface area contributed by atoms with Gasteiger partial charge in [-0.2, -0.15) is 4.31 Å². The first-order valence-electron chi connectivity index (χ1n) is 9.15. The molecular formula is C20H20N4O4S. The molecule has 0 amide bonds. The summed E-state index contributed by atoms with van der Waals surface area (Å²) in [6.07, 6.45) is 0. The predicted octanol–water partition coefficient (Wildman–Crippen LogP) is 1.93. The topological polar surface area (TPSA) is 92.7 Å². The Labute approximate surface area is 168 Å². The number of carbonyl (C=O) groups excluding carboxylic acids is 1. The van der Waals surface area contributed by atoms with Gasteiger partial charge in [-0.25, -0.2) is 13.2 Å². The molecule has 0 saturated carbocycles. The Morgan fingerprint density at radius 1 is 0.931 bits per heavy atom. The summed E-state index contributed by atoms with van der Waals surface area (Å²) in [6, 6.07) is 16.1. The number of methoxy groups -OCH3 is 1. The van der Waals surface area contributed by atoms with Crippen LogP contribution >= 0.6 is 0 Å². The van der Waals surface area contributed by atoms with Crippen LogP contribution in [-0.2, 0) is 14.8 Å². The third kappa shape index (κ3) is 3.79. The van der Waals surface area contributed by atoms with E-state index in [4.69, 9.17) is 0 Å². The van der Waals surface area contributed by atoms with Gasteiger partial charge >= 0.3 is 5.97 Å². The van der Waals surface area contributed by atoms with Crippen LogP contribution in [0.1, 0.15) is 10.5 Å². The van der Waals surface area contributed by atoms with Gasteiger partial charge in [0.15, 0.2) is 11.5 Å². The SMILES string of the molecule is COC(=O)c1ccc(N2CCN(S(=O)(=O)c3ccc4ccccc4c3)CC2)nn1. The quantitative estimate of drug-likeness (QED) is 0.605. The van der Waals surface area contributed by atoms with Crippen LogP contribution in [0.15, 0.2) is 59.5 Å². The zero-order chi connectivity index (χ0) is 20.4. The Bertz CT molecular complexity index is 1140. The second-order valence-electron chi connectivity index (χ2n) is 6.67. The molecule has 3 aromatic rings. The van der Waals surface area contributed by atoms with Gasteiger partial charge in [0.1, 0.15) is 0 Å². The van der Waals surface area contributed by atoms with Gasteiger partial charge in [-0.3, -0.25) is 0 Å². The van der Waals surface area contributed by atoms with E-state index in [2.05, 4.69) is 14.9 Å². The summed E-state index contributed by atoms with van der Waals surface area (Å²) >= 11 is 0. The molecule has 29 heavy (non-hydrogen) atoms. The zero-order valence-electron chi connectivity index (χ0n) is 15.9. The molecule has 0 radical (unpaired) electrons. The lowest BCUT2D eigenvalue weighted by Gasteiger charge is -2.34. The highest BCUT2D eigenvalue weighted by molar-refractivity contribution is 7.89. The fourth-order valence-corrected chi connectivity index (χ4v) is 4.80. The van der Waals surface area contributed by atoms with Crippen molar-refractivity contribution in [3.63, 3.8) is 0 Å². The molecule has 0 atom stereocenters. The molecule has 9 heteroatoms. The molecule has 0 N–H and O–H groups in total. The van der Waals surface area contributed by atoms with Gasteiger partial charge in [0.05, 0.1) is 12.0 Å². The van der Waals surface area contributed by atoms with Gasteiger partial charge in [0, 0.05) is 26.2 Å². The number of nitrogens with zero attached hydrogens (tertiary/aromatic N) is 4. The van der Waals surface area contributed by atoms with Gasteiger partial charge in [-0.05, 0) is 35.0 Å². The van der Waals surface area contributed by atoms with E-state index in [0.29, 0.717) is 36.9 Å². The molecule has 1 aliphatic heterocycles. The van der Waals surface area contributed by atoms with E-state index in [1.54, 1.807) is 24.3 Å². The normalized spacial score (nSPS) is 15.4. The Kier molecular flexibility index (Phi) is 5.16. The zero-order valence-corrected chi connectivity index (χ0v) is 16.7. The summed E-state index contributed by atoms with van der Waals surface area (Å²) in [6.45, 7) is 1.66. The average Bonchev–Trinajstić information content (AvgIpc) is 2.78. The number of rotatable bonds is 4. The van der Waals surface area contributed by atoms with Crippen molar-refractivity contribution in [3.8, 4) is 0 Å². The fraction of sp³-hybridized carbons (Fsp3) is 0.250. The second kappa shape index (κ2) is 7.76. The predicted molar refractivity (Wildman–Crippen MR) is 108 cm³/mol. The lowest BCUT2D eigenvalue weighted by atomic mass is 10.1. The number of fused-ring (bicyclic) bond motifs is 1. The van der Waals surface area contributed by atoms with E-state index < -0.39 is 16.0 Å². The van der Waals surface area contributed by atoms with Gasteiger partial charge in [0.25, 0.3) is 0 Å². The van der Waals surface area contributed by atoms with Crippen molar-refractivity contribution >= 4 is 32.6 Å². The van der Waals surface area contributed by atoms with E-state index in [9.17, 15) is 13.2 Å². The van der Waals surface area contributed by atoms with Crippen LogP contribution in [0.25, 0.3) is 10.8 Å². The molecule has 1 saturated heterocycles. The van der Waals surface area contributed by atoms with Crippen molar-refractivity contribution in [1.82, 2.24) is 14.5 Å². The number of anilines is 1. The Morgan fingerprint density at radius 2 is 1.66 bits per heavy atom. The van der Waals surface area contributed by atoms with Crippen LogP contribution in [0, 0.1) is 0 Å². The number of esters is 1. The first-order valence-corrected chi connectivity index (χ1v) is 10.6. The fourth-order valence-electron chi connectivity index (χ4n) is 3.34. The summed E-state index contributed by atoms with van der Waals surface area (Å²) in [5.74, 6) is 0.0516. The number of carbonyl (C=O) groups is 1. The van der Waals surface area contributed by atoms with E-state index >= 15 is 0 Å². The lowest BCUT2D eigenvalue weighted by molar-refractivity contribution is 0.0592. The van der Waals surface area contributed by atoms with Crippen LogP contribution < -0.4 is 4.90 Å². The molecule has 1 aromatic heterocycles. The largest absolute Gasteiger partial charge is 0.464 e. The second-order valence-corrected chi connectivity index (χ2v) is 8.61. The van der Waals surface area contributed by atoms with Crippen molar-refractivity contribution < 1.29 is 17.9 Å². The minimum atomic E-state index is -3.57. The summed E-state index contributed by atoms with van der Waals surface area (Å²) in [5.41, 5.74) is 0.133. The van der Waals surface area contributed by atoms with Crippen molar-refractivity contribution in [3.05, 3.63) is 60.3 Å². The van der Waals surface area contributed by atoms with Crippen molar-refractivity contribution in [2.75, 3.05) is 38.2 Å². The van der Waals surface area contributed by atoms with Gasteiger partial charge < -0.3 is 9.64 Å². The summed E-state index contributed by atoms with van der Waals surface area (Å²) in [7, 11) is -2.29. The molecule has 4 rings (SSSR count). The van der Waals surface area contributed by atoms with E-state index in [0.717, 1.165) is 10.8 Å². The number of sulfonamides is 1. The van der Waals surface area contributed by atoms with Crippen LogP contribution in [0.2, 0.25) is 0 Å². The molecule has 8 nitrogen and oxygen atoms in total. The molecule has 0 spiro atoms. The molecule has 1 aliphatic rings. The highest BCUT2D eigenvalue weighted by Gasteiger charge is 2.29. The molecule has 0 bridgehead atoms. The molecule has 0 aliphatic carbocycles. The maximum atomic E-state index is 13.1. The third-order valence-electron chi connectivity index (χ3n) is 4.97. The van der Waals surface area contributed by atoms with Crippen LogP contribution in [0.5, 0.6) is 0 Å². The number of hydrogen-bond acceptors (Lipinski definition) is 7. The average molecular weight is 412 g/mol. The van der Waals surface area contributed by atoms with Gasteiger partial charge in [-0.1, -0.05) is 30.3 Å². The third-order valence-corrected chi connectivity index (χ3v) is 6.86. The van der Waals surface area contributed by atoms with E-state index in [1.807, 2.05) is 35.2 Å². The van der Waals surface area contributed by atoms with Crippen LogP contribution in [-0.4, -0.2) is 62.2 Å². The van der Waals surface area contributed by atoms with Crippen molar-refractivity contribution in [1.29, 1.82) is 0 Å². The standard InChI is InChI=1S/C20H20N4O4S/c1-28-20(25)18-8-9-19(22-21-18)23-10-12-24(13-11-23)29(26,27)17-7-6-15-4-2-3-5-16(15)14-17/h2-9,14H,10-13H2,1H3. The smallest absolute Gasteiger partial charge is 0.358 e. The molecule has 2 heterocycles. The van der Waals surface area contributed by atoms with Crippen LogP contribution in [0.4, 0.5) is 5.82 Å². The maximum absolute atomic E-state index is 13.1. The Morgan fingerprint density at radius 3 is 2.31 bits per heavy atom. The number of hydrogen-bond donors (Lipinski definition) is 0. The van der Waals surface area contributed by atoms with E-state index in [-0.39, 0.29) is 5.69 Å². The monoisotopic (exact) mass is 412 g/mol. The lowest BCUT2D eigenvalue weighted by Crippen LogP contribution is -2.49. The number of benzene rings is 2. The molecule has 150 valence electrons. The Hall–Kier alpha value is -3.04. The van der Waals surface area contributed by atoms with Crippen molar-refractivity contribution in [2.45, 2.75) is 4.90 Å². The van der Waals surface area contributed by atoms with Crippen LogP contribution in [0.3, 0.4) is 0 Å². The summed E-state index contributed by atoms with van der Waals surface area (Å²) < 4.78 is 32.2. The summed E-state index contributed by atoms with van der Waals surface area (Å²) in [5, 5.41) is 9.83. The highest BCUT2D eigenvalue weighted by atomic mass is 32.2. The Balaban J connectivity index is 1.47. The van der Waals surface area contributed by atoms with E-state index in [1.165, 1.54) is 11.4 Å². The number of piperazine rings is 1. The van der Waals surface area contributed by atoms with Gasteiger partial charge in [-0.15, -0.1) is 10.2 Å². The maximum Gasteiger partial charge on any atom is 0.358 e. The summed E-state index contributed by atoms with van der Waals surface area (Å²) in [4.78, 5) is 13.7. The van der Waals surface area contributed by atoms with Crippen molar-refractivity contribution in [2.24, 2.45) is 0 Å². The number of ether oxygens (including phenoxy) is 1. The first kappa shape index (κ1) is 19.3. The van der Waals surface area contributed by atoms with Gasteiger partial charge in [0.2, 0.25) is 10.0 Å². The molecular weight excluding hydrogens is 392 g/mol. The first-order chi connectivity index (χ1) is 14.0. The molecule has 2 aromatic carbocycles. The minimum absolute atomic E-state index is 0.133. The molecule has 0 unspecified atom stereocenters. The molecule has 1 fully saturated rings. The highest BCUT2D eigenvalue weighted by Crippen LogP contribution is 2.23. The number of aromatic nitrogens is 2. The minimum Gasteiger partial charge on any atom is -0.464 e.